The monoisotopic (exact) mass is 234 g/mol. The van der Waals surface area contributed by atoms with E-state index in [9.17, 15) is 4.79 Å². The van der Waals surface area contributed by atoms with Crippen LogP contribution in [0.3, 0.4) is 0 Å². The van der Waals surface area contributed by atoms with Gasteiger partial charge in [-0.25, -0.2) is 4.79 Å². The summed E-state index contributed by atoms with van der Waals surface area (Å²) in [5, 5.41) is 0. The standard InChI is InChI=1S/C14H18O3/c1-3-16-11-13(14(15)17-4-2)10-12-8-6-5-7-9-12/h5-10H,3-4,11H2,1-2H3. The number of ether oxygens (including phenoxy) is 2. The van der Waals surface area contributed by atoms with E-state index >= 15 is 0 Å². The molecule has 1 aromatic rings. The first-order valence-corrected chi connectivity index (χ1v) is 5.78. The van der Waals surface area contributed by atoms with E-state index in [0.29, 0.717) is 18.8 Å². The van der Waals surface area contributed by atoms with Crippen LogP contribution < -0.4 is 0 Å². The molecule has 0 spiro atoms. The normalized spacial score (nSPS) is 11.3. The number of esters is 1. The number of hydrogen-bond donors (Lipinski definition) is 0. The van der Waals surface area contributed by atoms with Gasteiger partial charge in [-0.3, -0.25) is 0 Å². The van der Waals surface area contributed by atoms with Crippen LogP contribution in [0, 0.1) is 0 Å². The first kappa shape index (κ1) is 13.5. The summed E-state index contributed by atoms with van der Waals surface area (Å²) < 4.78 is 10.3. The molecule has 3 nitrogen and oxygen atoms in total. The lowest BCUT2D eigenvalue weighted by atomic mass is 10.1. The molecular formula is C14H18O3. The highest BCUT2D eigenvalue weighted by Crippen LogP contribution is 2.08. The van der Waals surface area contributed by atoms with Gasteiger partial charge in [0.2, 0.25) is 0 Å². The van der Waals surface area contributed by atoms with Gasteiger partial charge in [0.1, 0.15) is 0 Å². The molecule has 0 saturated carbocycles. The molecule has 0 aliphatic rings. The van der Waals surface area contributed by atoms with Gasteiger partial charge in [-0.15, -0.1) is 0 Å². The first-order valence-electron chi connectivity index (χ1n) is 5.78. The van der Waals surface area contributed by atoms with Crippen LogP contribution in [-0.2, 0) is 14.3 Å². The molecule has 0 bridgehead atoms. The Labute approximate surface area is 102 Å². The van der Waals surface area contributed by atoms with Crippen molar-refractivity contribution in [1.29, 1.82) is 0 Å². The molecule has 1 aromatic carbocycles. The summed E-state index contributed by atoms with van der Waals surface area (Å²) >= 11 is 0. The summed E-state index contributed by atoms with van der Waals surface area (Å²) in [5.41, 5.74) is 1.51. The van der Waals surface area contributed by atoms with Gasteiger partial charge in [0, 0.05) is 6.61 Å². The Morgan fingerprint density at radius 1 is 1.18 bits per heavy atom. The first-order chi connectivity index (χ1) is 8.27. The van der Waals surface area contributed by atoms with Crippen molar-refractivity contribution in [2.24, 2.45) is 0 Å². The molecule has 3 heteroatoms. The molecule has 0 aliphatic heterocycles. The van der Waals surface area contributed by atoms with E-state index in [1.807, 2.05) is 37.3 Å². The third-order valence-corrected chi connectivity index (χ3v) is 2.14. The zero-order chi connectivity index (χ0) is 12.5. The van der Waals surface area contributed by atoms with E-state index in [4.69, 9.17) is 9.47 Å². The van der Waals surface area contributed by atoms with Crippen LogP contribution in [0.2, 0.25) is 0 Å². The smallest absolute Gasteiger partial charge is 0.336 e. The highest BCUT2D eigenvalue weighted by atomic mass is 16.5. The van der Waals surface area contributed by atoms with Crippen LogP contribution >= 0.6 is 0 Å². The average molecular weight is 234 g/mol. The van der Waals surface area contributed by atoms with E-state index in [2.05, 4.69) is 0 Å². The van der Waals surface area contributed by atoms with Crippen molar-refractivity contribution in [2.75, 3.05) is 19.8 Å². The zero-order valence-corrected chi connectivity index (χ0v) is 10.3. The van der Waals surface area contributed by atoms with Gasteiger partial charge in [-0.2, -0.15) is 0 Å². The van der Waals surface area contributed by atoms with Crippen LogP contribution in [0.25, 0.3) is 6.08 Å². The summed E-state index contributed by atoms with van der Waals surface area (Å²) in [6.45, 7) is 4.91. The second kappa shape index (κ2) is 7.63. The topological polar surface area (TPSA) is 35.5 Å². The lowest BCUT2D eigenvalue weighted by molar-refractivity contribution is -0.139. The van der Waals surface area contributed by atoms with Crippen molar-refractivity contribution in [2.45, 2.75) is 13.8 Å². The van der Waals surface area contributed by atoms with Crippen LogP contribution in [0.15, 0.2) is 35.9 Å². The maximum absolute atomic E-state index is 11.7. The fourth-order valence-electron chi connectivity index (χ4n) is 1.35. The molecule has 17 heavy (non-hydrogen) atoms. The Morgan fingerprint density at radius 2 is 1.88 bits per heavy atom. The Balaban J connectivity index is 2.81. The molecule has 0 amide bonds. The van der Waals surface area contributed by atoms with Crippen molar-refractivity contribution in [3.63, 3.8) is 0 Å². The van der Waals surface area contributed by atoms with Crippen molar-refractivity contribution >= 4 is 12.0 Å². The van der Waals surface area contributed by atoms with Gasteiger partial charge >= 0.3 is 5.97 Å². The maximum Gasteiger partial charge on any atom is 0.336 e. The van der Waals surface area contributed by atoms with Crippen LogP contribution in [-0.4, -0.2) is 25.8 Å². The number of benzene rings is 1. The fraction of sp³-hybridized carbons (Fsp3) is 0.357. The fourth-order valence-corrected chi connectivity index (χ4v) is 1.35. The van der Waals surface area contributed by atoms with E-state index in [1.165, 1.54) is 0 Å². The zero-order valence-electron chi connectivity index (χ0n) is 10.3. The minimum atomic E-state index is -0.315. The van der Waals surface area contributed by atoms with Crippen LogP contribution in [0.1, 0.15) is 19.4 Å². The summed E-state index contributed by atoms with van der Waals surface area (Å²) in [7, 11) is 0. The quantitative estimate of drug-likeness (QED) is 0.560. The van der Waals surface area contributed by atoms with Crippen molar-refractivity contribution in [3.05, 3.63) is 41.5 Å². The minimum Gasteiger partial charge on any atom is -0.463 e. The molecule has 0 heterocycles. The minimum absolute atomic E-state index is 0.282. The van der Waals surface area contributed by atoms with Crippen LogP contribution in [0.4, 0.5) is 0 Å². The molecule has 0 atom stereocenters. The Hall–Kier alpha value is -1.61. The third kappa shape index (κ3) is 4.83. The van der Waals surface area contributed by atoms with E-state index in [-0.39, 0.29) is 12.6 Å². The van der Waals surface area contributed by atoms with Crippen molar-refractivity contribution < 1.29 is 14.3 Å². The van der Waals surface area contributed by atoms with Gasteiger partial charge in [0.15, 0.2) is 0 Å². The Bertz CT molecular complexity index is 368. The molecule has 0 unspecified atom stereocenters. The molecule has 0 saturated heterocycles. The molecule has 0 fully saturated rings. The van der Waals surface area contributed by atoms with Gasteiger partial charge in [0.25, 0.3) is 0 Å². The Kier molecular flexibility index (Phi) is 6.04. The number of hydrogen-bond acceptors (Lipinski definition) is 3. The summed E-state index contributed by atoms with van der Waals surface area (Å²) in [5.74, 6) is -0.315. The highest BCUT2D eigenvalue weighted by molar-refractivity contribution is 5.93. The number of carbonyl (C=O) groups excluding carboxylic acids is 1. The van der Waals surface area contributed by atoms with E-state index in [0.717, 1.165) is 5.56 Å². The second-order valence-corrected chi connectivity index (χ2v) is 3.44. The van der Waals surface area contributed by atoms with E-state index < -0.39 is 0 Å². The Morgan fingerprint density at radius 3 is 2.47 bits per heavy atom. The molecular weight excluding hydrogens is 216 g/mol. The maximum atomic E-state index is 11.7. The molecule has 0 N–H and O–H groups in total. The molecule has 0 radical (unpaired) electrons. The van der Waals surface area contributed by atoms with Crippen molar-refractivity contribution in [3.8, 4) is 0 Å². The predicted molar refractivity (Wildman–Crippen MR) is 67.5 cm³/mol. The van der Waals surface area contributed by atoms with E-state index in [1.54, 1.807) is 13.0 Å². The number of carbonyl (C=O) groups is 1. The van der Waals surface area contributed by atoms with Crippen molar-refractivity contribution in [1.82, 2.24) is 0 Å². The van der Waals surface area contributed by atoms with Gasteiger partial charge < -0.3 is 9.47 Å². The van der Waals surface area contributed by atoms with Gasteiger partial charge in [0.05, 0.1) is 18.8 Å². The SMILES string of the molecule is CCOCC(=Cc1ccccc1)C(=O)OCC. The molecule has 0 aromatic heterocycles. The largest absolute Gasteiger partial charge is 0.463 e. The van der Waals surface area contributed by atoms with Gasteiger partial charge in [-0.1, -0.05) is 30.3 Å². The summed E-state index contributed by atoms with van der Waals surface area (Å²) in [6.07, 6.45) is 1.80. The predicted octanol–water partition coefficient (Wildman–Crippen LogP) is 2.67. The summed E-state index contributed by atoms with van der Waals surface area (Å²) in [6, 6.07) is 9.66. The van der Waals surface area contributed by atoms with Gasteiger partial charge in [-0.05, 0) is 25.5 Å². The second-order valence-electron chi connectivity index (χ2n) is 3.44. The molecule has 1 rings (SSSR count). The molecule has 0 aliphatic carbocycles. The molecule has 92 valence electrons. The third-order valence-electron chi connectivity index (χ3n) is 2.14. The lowest BCUT2D eigenvalue weighted by Gasteiger charge is -2.07. The number of rotatable bonds is 6. The summed E-state index contributed by atoms with van der Waals surface area (Å²) in [4.78, 5) is 11.7. The van der Waals surface area contributed by atoms with Crippen LogP contribution in [0.5, 0.6) is 0 Å². The lowest BCUT2D eigenvalue weighted by Crippen LogP contribution is -2.12. The average Bonchev–Trinajstić information content (AvgIpc) is 2.36. The highest BCUT2D eigenvalue weighted by Gasteiger charge is 2.10.